The molecule has 0 saturated carbocycles. The summed E-state index contributed by atoms with van der Waals surface area (Å²) in [4.78, 5) is 55.5. The number of nitrogens with one attached hydrogen (secondary N) is 1. The maximum atomic E-state index is 13.0. The lowest BCUT2D eigenvalue weighted by Crippen LogP contribution is -2.61. The standard InChI is InChI=1S/C16H13F3N2O7/c1-26-13(24)15(14(25)27-2)9-10(28-20-15)12(23)21(11(9)22)8-5-3-4-7(6-8)16(17,18)19/h3-6,9-10,20H,1-2H3/t9-,10-/m1/s1. The number of rotatable bonds is 3. The molecule has 2 aliphatic rings. The fraction of sp³-hybridized carbons (Fsp3) is 0.375. The number of amides is 2. The van der Waals surface area contributed by atoms with Crippen LogP contribution in [-0.4, -0.2) is 49.6 Å². The number of alkyl halides is 3. The van der Waals surface area contributed by atoms with E-state index in [1.165, 1.54) is 0 Å². The van der Waals surface area contributed by atoms with Gasteiger partial charge in [-0.1, -0.05) is 6.07 Å². The van der Waals surface area contributed by atoms with Gasteiger partial charge in [0.25, 0.3) is 11.4 Å². The van der Waals surface area contributed by atoms with Crippen molar-refractivity contribution in [2.75, 3.05) is 19.1 Å². The summed E-state index contributed by atoms with van der Waals surface area (Å²) in [6, 6.07) is 3.49. The molecule has 2 atom stereocenters. The number of hydrogen-bond donors (Lipinski definition) is 1. The Hall–Kier alpha value is -2.99. The minimum Gasteiger partial charge on any atom is -0.467 e. The van der Waals surface area contributed by atoms with Gasteiger partial charge in [-0.3, -0.25) is 14.4 Å². The van der Waals surface area contributed by atoms with E-state index in [0.29, 0.717) is 11.0 Å². The number of hydrogen-bond acceptors (Lipinski definition) is 8. The van der Waals surface area contributed by atoms with Crippen LogP contribution in [0.25, 0.3) is 0 Å². The molecule has 3 rings (SSSR count). The Balaban J connectivity index is 2.07. The first-order valence-electron chi connectivity index (χ1n) is 7.74. The molecular weight excluding hydrogens is 389 g/mol. The number of ether oxygens (including phenoxy) is 2. The quantitative estimate of drug-likeness (QED) is 0.433. The van der Waals surface area contributed by atoms with Crippen LogP contribution < -0.4 is 10.4 Å². The van der Waals surface area contributed by atoms with Crippen molar-refractivity contribution >= 4 is 29.4 Å². The molecule has 0 aromatic heterocycles. The fourth-order valence-corrected chi connectivity index (χ4v) is 3.22. The van der Waals surface area contributed by atoms with Crippen molar-refractivity contribution in [3.8, 4) is 0 Å². The van der Waals surface area contributed by atoms with Crippen molar-refractivity contribution in [3.63, 3.8) is 0 Å². The first-order valence-corrected chi connectivity index (χ1v) is 7.74. The average molecular weight is 402 g/mol. The average Bonchev–Trinajstić information content (AvgIpc) is 3.18. The first-order chi connectivity index (χ1) is 13.1. The second-order valence-corrected chi connectivity index (χ2v) is 5.97. The molecule has 2 saturated heterocycles. The number of imide groups is 1. The summed E-state index contributed by atoms with van der Waals surface area (Å²) in [6.07, 6.45) is -6.35. The van der Waals surface area contributed by atoms with Gasteiger partial charge in [0.05, 0.1) is 25.5 Å². The minimum absolute atomic E-state index is 0.383. The van der Waals surface area contributed by atoms with Gasteiger partial charge in [-0.05, 0) is 18.2 Å². The zero-order chi connectivity index (χ0) is 20.9. The van der Waals surface area contributed by atoms with Gasteiger partial charge in [0.1, 0.15) is 5.92 Å². The summed E-state index contributed by atoms with van der Waals surface area (Å²) < 4.78 is 48.0. The third-order valence-electron chi connectivity index (χ3n) is 4.51. The van der Waals surface area contributed by atoms with Gasteiger partial charge in [-0.15, -0.1) is 0 Å². The Morgan fingerprint density at radius 2 is 1.75 bits per heavy atom. The monoisotopic (exact) mass is 402 g/mol. The summed E-state index contributed by atoms with van der Waals surface area (Å²) in [5.41, 5.74) is -1.90. The second-order valence-electron chi connectivity index (χ2n) is 5.97. The lowest BCUT2D eigenvalue weighted by atomic mass is 9.82. The number of benzene rings is 1. The number of fused-ring (bicyclic) bond motifs is 1. The number of esters is 2. The van der Waals surface area contributed by atoms with Crippen molar-refractivity contribution in [1.29, 1.82) is 0 Å². The highest BCUT2D eigenvalue weighted by Gasteiger charge is 2.72. The van der Waals surface area contributed by atoms with Crippen molar-refractivity contribution in [2.24, 2.45) is 5.92 Å². The lowest BCUT2D eigenvalue weighted by molar-refractivity contribution is -0.169. The highest BCUT2D eigenvalue weighted by molar-refractivity contribution is 6.27. The van der Waals surface area contributed by atoms with Crippen LogP contribution in [0, 0.1) is 5.92 Å². The molecule has 9 nitrogen and oxygen atoms in total. The third kappa shape index (κ3) is 2.64. The number of hydroxylamine groups is 1. The maximum Gasteiger partial charge on any atom is 0.416 e. The summed E-state index contributed by atoms with van der Waals surface area (Å²) in [5.74, 6) is -6.39. The number of carbonyl (C=O) groups is 4. The van der Waals surface area contributed by atoms with Crippen molar-refractivity contribution in [2.45, 2.75) is 17.8 Å². The Bertz CT molecular complexity index is 854. The van der Waals surface area contributed by atoms with E-state index in [1.807, 2.05) is 5.48 Å². The van der Waals surface area contributed by atoms with Gasteiger partial charge in [-0.25, -0.2) is 14.5 Å². The van der Waals surface area contributed by atoms with Gasteiger partial charge in [0.15, 0.2) is 6.10 Å². The molecule has 2 amide bonds. The van der Waals surface area contributed by atoms with Crippen LogP contribution in [0.4, 0.5) is 18.9 Å². The third-order valence-corrected chi connectivity index (χ3v) is 4.51. The predicted octanol–water partition coefficient (Wildman–Crippen LogP) is 0.183. The molecule has 12 heteroatoms. The van der Waals surface area contributed by atoms with E-state index in [9.17, 15) is 32.3 Å². The smallest absolute Gasteiger partial charge is 0.416 e. The van der Waals surface area contributed by atoms with Crippen LogP contribution >= 0.6 is 0 Å². The Kier molecular flexibility index (Phi) is 4.63. The number of anilines is 1. The molecule has 28 heavy (non-hydrogen) atoms. The predicted molar refractivity (Wildman–Crippen MR) is 82.2 cm³/mol. The van der Waals surface area contributed by atoms with Gasteiger partial charge >= 0.3 is 18.1 Å². The van der Waals surface area contributed by atoms with E-state index in [1.54, 1.807) is 0 Å². The Labute approximate surface area is 155 Å². The topological polar surface area (TPSA) is 111 Å². The Morgan fingerprint density at radius 1 is 1.14 bits per heavy atom. The van der Waals surface area contributed by atoms with Crippen LogP contribution in [-0.2, 0) is 39.7 Å². The van der Waals surface area contributed by atoms with E-state index in [4.69, 9.17) is 4.84 Å². The zero-order valence-corrected chi connectivity index (χ0v) is 14.4. The van der Waals surface area contributed by atoms with Crippen LogP contribution in [0.1, 0.15) is 5.56 Å². The van der Waals surface area contributed by atoms with E-state index in [-0.39, 0.29) is 5.69 Å². The molecule has 1 aromatic rings. The van der Waals surface area contributed by atoms with Crippen LogP contribution in [0.2, 0.25) is 0 Å². The van der Waals surface area contributed by atoms with Crippen LogP contribution in [0.3, 0.4) is 0 Å². The first kappa shape index (κ1) is 19.8. The molecule has 0 radical (unpaired) electrons. The molecule has 150 valence electrons. The molecule has 2 heterocycles. The summed E-state index contributed by atoms with van der Waals surface area (Å²) in [6.45, 7) is 0. The highest BCUT2D eigenvalue weighted by Crippen LogP contribution is 2.41. The summed E-state index contributed by atoms with van der Waals surface area (Å²) in [7, 11) is 1.88. The molecule has 2 fully saturated rings. The second kappa shape index (κ2) is 6.56. The molecule has 1 N–H and O–H groups in total. The van der Waals surface area contributed by atoms with Crippen molar-refractivity contribution in [3.05, 3.63) is 29.8 Å². The molecule has 2 aliphatic heterocycles. The summed E-state index contributed by atoms with van der Waals surface area (Å²) >= 11 is 0. The van der Waals surface area contributed by atoms with Crippen molar-refractivity contribution in [1.82, 2.24) is 5.48 Å². The molecule has 0 unspecified atom stereocenters. The SMILES string of the molecule is COC(=O)C1(C(=O)OC)NO[C@H]2C(=O)N(c3cccc(C(F)(F)F)c3)C(=O)[C@@H]21. The van der Waals surface area contributed by atoms with Crippen LogP contribution in [0.5, 0.6) is 0 Å². The molecule has 0 spiro atoms. The number of methoxy groups -OCH3 is 2. The lowest BCUT2D eigenvalue weighted by Gasteiger charge is -2.26. The highest BCUT2D eigenvalue weighted by atomic mass is 19.4. The molecule has 1 aromatic carbocycles. The van der Waals surface area contributed by atoms with Gasteiger partial charge in [0, 0.05) is 0 Å². The zero-order valence-electron chi connectivity index (χ0n) is 14.4. The maximum absolute atomic E-state index is 13.0. The van der Waals surface area contributed by atoms with Gasteiger partial charge in [0.2, 0.25) is 5.91 Å². The van der Waals surface area contributed by atoms with E-state index in [0.717, 1.165) is 32.4 Å². The molecule has 0 bridgehead atoms. The number of nitrogens with zero attached hydrogens (tertiary/aromatic N) is 1. The normalized spacial score (nSPS) is 23.5. The Morgan fingerprint density at radius 3 is 2.29 bits per heavy atom. The van der Waals surface area contributed by atoms with Crippen LogP contribution in [0.15, 0.2) is 24.3 Å². The minimum atomic E-state index is -4.71. The summed E-state index contributed by atoms with van der Waals surface area (Å²) in [5, 5.41) is 0. The van der Waals surface area contributed by atoms with E-state index in [2.05, 4.69) is 9.47 Å². The van der Waals surface area contributed by atoms with Gasteiger partial charge in [-0.2, -0.15) is 18.7 Å². The van der Waals surface area contributed by atoms with Gasteiger partial charge < -0.3 is 9.47 Å². The number of halogens is 3. The van der Waals surface area contributed by atoms with E-state index >= 15 is 0 Å². The number of carbonyl (C=O) groups excluding carboxylic acids is 4. The fourth-order valence-electron chi connectivity index (χ4n) is 3.22. The largest absolute Gasteiger partial charge is 0.467 e. The van der Waals surface area contributed by atoms with E-state index < -0.39 is 53.1 Å². The van der Waals surface area contributed by atoms with Crippen molar-refractivity contribution < 1.29 is 46.7 Å². The molecular formula is C16H13F3N2O7. The molecule has 0 aliphatic carbocycles.